The van der Waals surface area contributed by atoms with E-state index in [-0.39, 0.29) is 60.8 Å². The summed E-state index contributed by atoms with van der Waals surface area (Å²) in [6.07, 6.45) is -4.28. The van der Waals surface area contributed by atoms with Crippen molar-refractivity contribution in [3.63, 3.8) is 0 Å². The van der Waals surface area contributed by atoms with Gasteiger partial charge in [-0.1, -0.05) is 84.0 Å². The van der Waals surface area contributed by atoms with Crippen LogP contribution in [0.15, 0.2) is 90.4 Å². The van der Waals surface area contributed by atoms with E-state index in [4.69, 9.17) is 4.74 Å². The molecule has 77 heavy (non-hydrogen) atoms. The zero-order valence-electron chi connectivity index (χ0n) is 44.6. The van der Waals surface area contributed by atoms with Crippen LogP contribution in [0.4, 0.5) is 18.9 Å². The molecule has 0 spiro atoms. The lowest BCUT2D eigenvalue weighted by Crippen LogP contribution is -2.74. The molecule has 3 aliphatic heterocycles. The van der Waals surface area contributed by atoms with Crippen molar-refractivity contribution in [2.75, 3.05) is 44.2 Å². The third-order valence-corrected chi connectivity index (χ3v) is 17.1. The van der Waals surface area contributed by atoms with Crippen molar-refractivity contribution in [1.82, 2.24) is 30.3 Å². The Labute approximate surface area is 452 Å². The second-order valence-electron chi connectivity index (χ2n) is 22.5. The van der Waals surface area contributed by atoms with Crippen LogP contribution in [0.1, 0.15) is 109 Å². The fourth-order valence-corrected chi connectivity index (χ4v) is 13.2. The monoisotopic (exact) mass is 1070 g/mol. The fraction of sp³-hybridized carbons (Fsp3) is 0.458. The lowest BCUT2D eigenvalue weighted by molar-refractivity contribution is -0.164. The van der Waals surface area contributed by atoms with E-state index in [0.29, 0.717) is 17.7 Å². The Morgan fingerprint density at radius 3 is 2.32 bits per heavy atom. The molecule has 1 unspecified atom stereocenters. The molecular formula is C59H67F3N8O6S. The van der Waals surface area contributed by atoms with E-state index >= 15 is 0 Å². The number of fused-ring (bicyclic) bond motifs is 1. The lowest BCUT2D eigenvalue weighted by atomic mass is 9.49. The molecule has 2 saturated heterocycles. The lowest BCUT2D eigenvalue weighted by Gasteiger charge is -2.63. The van der Waals surface area contributed by atoms with Gasteiger partial charge in [0.1, 0.15) is 23.9 Å². The second-order valence-corrected chi connectivity index (χ2v) is 23.4. The first-order valence-corrected chi connectivity index (χ1v) is 27.3. The minimum absolute atomic E-state index is 0.00530. The SMILES string of the molecule is Cc1ncsc1-c1ccc(CNC(=O)[C@@H]2C[C@@H](O)CN2C(=O)C(C(C)C)N2Cc3ccccc3C2=O)c(N2CCN(CCCc3ccc(C(=O)NC4C(C)(C)C(Oc5ccc(C#N)c(C(F)(F)F)c5)C4(C)C)cc3)CC2)c1. The number of nitriles is 1. The Morgan fingerprint density at radius 1 is 0.961 bits per heavy atom. The maximum Gasteiger partial charge on any atom is 0.417 e. The van der Waals surface area contributed by atoms with Crippen LogP contribution in [-0.2, 0) is 35.3 Å². The predicted octanol–water partition coefficient (Wildman–Crippen LogP) is 8.63. The zero-order valence-corrected chi connectivity index (χ0v) is 45.4. The van der Waals surface area contributed by atoms with E-state index in [1.807, 2.05) is 103 Å². The summed E-state index contributed by atoms with van der Waals surface area (Å²) in [5, 5.41) is 26.4. The van der Waals surface area contributed by atoms with Gasteiger partial charge in [-0.25, -0.2) is 4.98 Å². The van der Waals surface area contributed by atoms with Crippen LogP contribution in [0.2, 0.25) is 0 Å². The van der Waals surface area contributed by atoms with Crippen LogP contribution >= 0.6 is 11.3 Å². The second kappa shape index (κ2) is 21.9. The van der Waals surface area contributed by atoms with Gasteiger partial charge in [0.05, 0.1) is 39.4 Å². The molecule has 406 valence electrons. The van der Waals surface area contributed by atoms with Gasteiger partial charge in [-0.05, 0) is 96.9 Å². The van der Waals surface area contributed by atoms with Crippen LogP contribution in [0.25, 0.3) is 10.4 Å². The number of nitrogens with one attached hydrogen (secondary N) is 2. The molecule has 4 aromatic carbocycles. The number of ether oxygens (including phenoxy) is 1. The van der Waals surface area contributed by atoms with E-state index in [1.54, 1.807) is 28.4 Å². The highest BCUT2D eigenvalue weighted by Gasteiger charge is 2.64. The quantitative estimate of drug-likeness (QED) is 0.0869. The summed E-state index contributed by atoms with van der Waals surface area (Å²) in [4.78, 5) is 69.1. The Kier molecular flexibility index (Phi) is 15.6. The summed E-state index contributed by atoms with van der Waals surface area (Å²) in [6.45, 7) is 18.0. The number of nitrogens with zero attached hydrogens (tertiary/aromatic N) is 6. The van der Waals surface area contributed by atoms with Gasteiger partial charge in [-0.15, -0.1) is 11.3 Å². The molecule has 0 bridgehead atoms. The number of aliphatic hydroxyl groups is 1. The number of β-amino-alcohol motifs (C(OH)–C–C–N with tert-alkyl or cyclic N) is 1. The van der Waals surface area contributed by atoms with Gasteiger partial charge in [0, 0.05) is 85.9 Å². The highest BCUT2D eigenvalue weighted by Crippen LogP contribution is 2.56. The van der Waals surface area contributed by atoms with Gasteiger partial charge in [0.25, 0.3) is 11.8 Å². The number of thiazole rings is 1. The van der Waals surface area contributed by atoms with Crippen molar-refractivity contribution >= 4 is 40.7 Å². The molecule has 4 amide bonds. The summed E-state index contributed by atoms with van der Waals surface area (Å²) in [5.41, 5.74) is 6.03. The van der Waals surface area contributed by atoms with Crippen LogP contribution in [0.3, 0.4) is 0 Å². The number of aliphatic hydroxyl groups excluding tert-OH is 1. The number of likely N-dealkylation sites (tertiary alicyclic amines) is 1. The van der Waals surface area contributed by atoms with Gasteiger partial charge in [-0.3, -0.25) is 24.1 Å². The average molecular weight is 1070 g/mol. The Morgan fingerprint density at radius 2 is 1.68 bits per heavy atom. The number of anilines is 1. The zero-order chi connectivity index (χ0) is 55.1. The van der Waals surface area contributed by atoms with Crippen LogP contribution in [0, 0.1) is 35.0 Å². The van der Waals surface area contributed by atoms with Gasteiger partial charge in [0.15, 0.2) is 0 Å². The van der Waals surface area contributed by atoms with E-state index in [1.165, 1.54) is 11.0 Å². The van der Waals surface area contributed by atoms with Crippen molar-refractivity contribution in [3.05, 3.63) is 135 Å². The van der Waals surface area contributed by atoms with Crippen molar-refractivity contribution in [2.45, 2.75) is 117 Å². The molecule has 4 heterocycles. The van der Waals surface area contributed by atoms with E-state index < -0.39 is 52.4 Å². The van der Waals surface area contributed by atoms with Crippen LogP contribution in [-0.4, -0.2) is 118 Å². The van der Waals surface area contributed by atoms with Gasteiger partial charge < -0.3 is 35.2 Å². The number of piperazine rings is 1. The number of hydrogen-bond donors (Lipinski definition) is 3. The normalized spacial score (nSPS) is 21.3. The van der Waals surface area contributed by atoms with Crippen molar-refractivity contribution < 1.29 is 42.2 Å². The number of hydrogen-bond acceptors (Lipinski definition) is 11. The minimum Gasteiger partial charge on any atom is -0.489 e. The largest absolute Gasteiger partial charge is 0.489 e. The minimum atomic E-state index is -4.71. The molecule has 0 radical (unpaired) electrons. The molecule has 1 aromatic heterocycles. The number of aromatic nitrogens is 1. The molecule has 14 nitrogen and oxygen atoms in total. The van der Waals surface area contributed by atoms with Crippen molar-refractivity contribution in [3.8, 4) is 22.3 Å². The molecular weight excluding hydrogens is 1010 g/mol. The number of carbonyl (C=O) groups is 4. The summed E-state index contributed by atoms with van der Waals surface area (Å²) < 4.78 is 47.2. The third-order valence-electron chi connectivity index (χ3n) is 16.1. The number of benzene rings is 4. The fourth-order valence-electron chi connectivity index (χ4n) is 12.4. The van der Waals surface area contributed by atoms with Crippen LogP contribution in [0.5, 0.6) is 5.75 Å². The first kappa shape index (κ1) is 55.0. The molecule has 5 aromatic rings. The summed E-state index contributed by atoms with van der Waals surface area (Å²) in [6, 6.07) is 24.1. The van der Waals surface area contributed by atoms with Gasteiger partial charge in [0.2, 0.25) is 11.8 Å². The molecule has 9 rings (SSSR count). The first-order chi connectivity index (χ1) is 36.6. The summed E-state index contributed by atoms with van der Waals surface area (Å²) in [7, 11) is 0. The van der Waals surface area contributed by atoms with Crippen molar-refractivity contribution in [1.29, 1.82) is 5.26 Å². The smallest absolute Gasteiger partial charge is 0.417 e. The summed E-state index contributed by atoms with van der Waals surface area (Å²) >= 11 is 1.58. The molecule has 3 N–H and O–H groups in total. The molecule has 1 saturated carbocycles. The maximum atomic E-state index is 14.4. The van der Waals surface area contributed by atoms with E-state index in [9.17, 15) is 42.7 Å². The maximum absolute atomic E-state index is 14.4. The number of aryl methyl sites for hydroxylation is 2. The summed E-state index contributed by atoms with van der Waals surface area (Å²) in [5.74, 6) is -1.38. The van der Waals surface area contributed by atoms with Gasteiger partial charge in [-0.2, -0.15) is 18.4 Å². The third kappa shape index (κ3) is 11.2. The molecule has 3 atom stereocenters. The Bertz CT molecular complexity index is 3060. The topological polar surface area (TPSA) is 171 Å². The standard InChI is InChI=1S/C59H67F3N8O6S/c1-35(2)49(70-32-42-12-8-9-13-45(42)53(70)74)54(75)69-33-43(71)28-48(69)52(73)64-31-41-19-18-39(50-36(3)65-34-77-50)27-47(41)68-25-23-67(24-26-68)22-10-11-37-14-16-38(17-15-37)51(72)66-55-57(4,5)56(58(55,6)7)76-44-21-20-40(30-63)46(29-44)59(60,61)62/h8-9,12-21,27,29,34-35,43,48-49,55-56,71H,10-11,22-26,28,31-33H2,1-7H3,(H,64,73)(H,66,72)/t43-,48+,49?,55?,56?/m1/s1. The van der Waals surface area contributed by atoms with Crippen molar-refractivity contribution in [2.24, 2.45) is 16.7 Å². The number of halogens is 3. The van der Waals surface area contributed by atoms with E-state index in [0.717, 1.165) is 96.2 Å². The highest BCUT2D eigenvalue weighted by atomic mass is 32.1. The van der Waals surface area contributed by atoms with Crippen LogP contribution < -0.4 is 20.3 Å². The Hall–Kier alpha value is -6.81. The number of amides is 4. The van der Waals surface area contributed by atoms with Gasteiger partial charge >= 0.3 is 6.18 Å². The predicted molar refractivity (Wildman–Crippen MR) is 288 cm³/mol. The first-order valence-electron chi connectivity index (χ1n) is 26.4. The highest BCUT2D eigenvalue weighted by molar-refractivity contribution is 7.13. The number of rotatable bonds is 16. The molecule has 4 aliphatic rings. The van der Waals surface area contributed by atoms with E-state index in [2.05, 4.69) is 37.6 Å². The molecule has 3 fully saturated rings. The average Bonchev–Trinajstić information content (AvgIpc) is 4.29. The molecule has 18 heteroatoms. The molecule has 1 aliphatic carbocycles. The number of alkyl halides is 3. The Balaban J connectivity index is 0.782. The number of carbonyl (C=O) groups excluding carboxylic acids is 4.